The number of benzene rings is 2. The van der Waals surface area contributed by atoms with Crippen molar-refractivity contribution in [2.24, 2.45) is 0 Å². The van der Waals surface area contributed by atoms with E-state index in [4.69, 9.17) is 4.52 Å². The van der Waals surface area contributed by atoms with Crippen molar-refractivity contribution in [3.8, 4) is 11.4 Å². The van der Waals surface area contributed by atoms with E-state index in [-0.39, 0.29) is 11.9 Å². The Morgan fingerprint density at radius 3 is 2.38 bits per heavy atom. The Morgan fingerprint density at radius 2 is 1.71 bits per heavy atom. The number of hydrogen-bond donors (Lipinski definition) is 0. The van der Waals surface area contributed by atoms with E-state index in [9.17, 15) is 4.79 Å². The van der Waals surface area contributed by atoms with Crippen LogP contribution in [0.1, 0.15) is 36.0 Å². The van der Waals surface area contributed by atoms with Crippen LogP contribution >= 0.6 is 0 Å². The number of rotatable bonds is 6. The summed E-state index contributed by atoms with van der Waals surface area (Å²) in [5.41, 5.74) is 3.06. The molecule has 8 heteroatoms. The van der Waals surface area contributed by atoms with Gasteiger partial charge in [-0.15, -0.1) is 0 Å². The topological polar surface area (TPSA) is 80.3 Å². The van der Waals surface area contributed by atoms with Crippen LogP contribution in [0.5, 0.6) is 0 Å². The van der Waals surface area contributed by atoms with Gasteiger partial charge in [0.2, 0.25) is 11.7 Å². The molecule has 0 aliphatic carbocycles. The average Bonchev–Trinajstić information content (AvgIpc) is 3.58. The highest BCUT2D eigenvalue weighted by Gasteiger charge is 2.32. The quantitative estimate of drug-likeness (QED) is 0.440. The Morgan fingerprint density at radius 1 is 0.971 bits per heavy atom. The van der Waals surface area contributed by atoms with Gasteiger partial charge < -0.3 is 9.42 Å². The van der Waals surface area contributed by atoms with Crippen molar-refractivity contribution in [2.75, 3.05) is 26.2 Å². The van der Waals surface area contributed by atoms with Gasteiger partial charge in [0.15, 0.2) is 6.04 Å². The fraction of sp³-hybridized carbons (Fsp3) is 0.308. The van der Waals surface area contributed by atoms with Gasteiger partial charge in [-0.2, -0.15) is 10.1 Å². The molecule has 1 aliphatic rings. The minimum absolute atomic E-state index is 0.0278. The summed E-state index contributed by atoms with van der Waals surface area (Å²) >= 11 is 0. The van der Waals surface area contributed by atoms with Crippen LogP contribution in [-0.4, -0.2) is 61.8 Å². The van der Waals surface area contributed by atoms with E-state index in [0.29, 0.717) is 24.8 Å². The molecule has 3 heterocycles. The first-order valence-corrected chi connectivity index (χ1v) is 11.6. The maximum Gasteiger partial charge on any atom is 0.252 e. The molecule has 0 N–H and O–H groups in total. The molecule has 4 aromatic rings. The molecule has 0 radical (unpaired) electrons. The van der Waals surface area contributed by atoms with E-state index in [2.05, 4.69) is 34.0 Å². The molecular weight excluding hydrogens is 428 g/mol. The van der Waals surface area contributed by atoms with Crippen LogP contribution < -0.4 is 0 Å². The molecule has 1 fully saturated rings. The van der Waals surface area contributed by atoms with Crippen molar-refractivity contribution in [2.45, 2.75) is 25.9 Å². The van der Waals surface area contributed by atoms with Crippen LogP contribution in [0.25, 0.3) is 11.4 Å². The number of hydrogen-bond acceptors (Lipinski definition) is 6. The number of amides is 1. The van der Waals surface area contributed by atoms with Crippen molar-refractivity contribution < 1.29 is 9.32 Å². The fourth-order valence-electron chi connectivity index (χ4n) is 4.36. The predicted molar refractivity (Wildman–Crippen MR) is 128 cm³/mol. The molecule has 2 unspecified atom stereocenters. The van der Waals surface area contributed by atoms with E-state index < -0.39 is 6.04 Å². The van der Waals surface area contributed by atoms with Crippen LogP contribution in [0.2, 0.25) is 0 Å². The van der Waals surface area contributed by atoms with E-state index in [0.717, 1.165) is 24.2 Å². The molecule has 0 saturated carbocycles. The van der Waals surface area contributed by atoms with Gasteiger partial charge in [0, 0.05) is 44.1 Å². The molecule has 2 atom stereocenters. The standard InChI is InChI=1S/C26H28N6O2/c1-19-9-11-22(12-10-19)24-28-25(34-29-24)20(2)30-15-17-31(18-16-30)26(33)23(32-14-6-13-27-32)21-7-4-3-5-8-21/h3-14,20,23H,15-18H2,1-2H3. The Hall–Kier alpha value is -3.78. The molecular formula is C26H28N6O2. The maximum absolute atomic E-state index is 13.5. The molecule has 5 rings (SSSR count). The summed E-state index contributed by atoms with van der Waals surface area (Å²) < 4.78 is 7.32. The molecule has 174 valence electrons. The van der Waals surface area contributed by atoms with Gasteiger partial charge in [-0.3, -0.25) is 14.4 Å². The second kappa shape index (κ2) is 9.61. The first-order valence-electron chi connectivity index (χ1n) is 11.6. The number of piperazine rings is 1. The second-order valence-corrected chi connectivity index (χ2v) is 8.66. The van der Waals surface area contributed by atoms with Crippen LogP contribution in [0.3, 0.4) is 0 Å². The second-order valence-electron chi connectivity index (χ2n) is 8.66. The number of carbonyl (C=O) groups is 1. The van der Waals surface area contributed by atoms with Gasteiger partial charge in [-0.05, 0) is 25.5 Å². The van der Waals surface area contributed by atoms with Gasteiger partial charge in [0.25, 0.3) is 5.91 Å². The summed E-state index contributed by atoms with van der Waals surface area (Å²) in [5.74, 6) is 1.25. The lowest BCUT2D eigenvalue weighted by molar-refractivity contribution is -0.136. The van der Waals surface area contributed by atoms with Gasteiger partial charge in [0.05, 0.1) is 6.04 Å². The molecule has 8 nitrogen and oxygen atoms in total. The Kier molecular flexibility index (Phi) is 6.22. The lowest BCUT2D eigenvalue weighted by atomic mass is 10.1. The zero-order chi connectivity index (χ0) is 23.5. The summed E-state index contributed by atoms with van der Waals surface area (Å²) in [5, 5.41) is 8.53. The molecule has 2 aromatic heterocycles. The van der Waals surface area contributed by atoms with Crippen molar-refractivity contribution in [1.82, 2.24) is 29.7 Å². The first-order chi connectivity index (χ1) is 16.6. The highest BCUT2D eigenvalue weighted by atomic mass is 16.5. The molecule has 0 bridgehead atoms. The smallest absolute Gasteiger partial charge is 0.252 e. The molecule has 1 aliphatic heterocycles. The fourth-order valence-corrected chi connectivity index (χ4v) is 4.36. The van der Waals surface area contributed by atoms with Crippen LogP contribution in [-0.2, 0) is 4.79 Å². The zero-order valence-electron chi connectivity index (χ0n) is 19.4. The van der Waals surface area contributed by atoms with Crippen molar-refractivity contribution in [3.05, 3.63) is 90.1 Å². The Labute approximate surface area is 198 Å². The highest BCUT2D eigenvalue weighted by Crippen LogP contribution is 2.26. The van der Waals surface area contributed by atoms with Gasteiger partial charge in [-0.1, -0.05) is 65.3 Å². The zero-order valence-corrected chi connectivity index (χ0v) is 19.4. The Bertz CT molecular complexity index is 1210. The van der Waals surface area contributed by atoms with Crippen molar-refractivity contribution in [3.63, 3.8) is 0 Å². The highest BCUT2D eigenvalue weighted by molar-refractivity contribution is 5.83. The molecule has 1 amide bonds. The van der Waals surface area contributed by atoms with E-state index in [1.54, 1.807) is 10.9 Å². The van der Waals surface area contributed by atoms with Gasteiger partial charge in [-0.25, -0.2) is 0 Å². The summed E-state index contributed by atoms with van der Waals surface area (Å²) in [7, 11) is 0. The minimum Gasteiger partial charge on any atom is -0.338 e. The van der Waals surface area contributed by atoms with E-state index in [1.165, 1.54) is 5.56 Å². The summed E-state index contributed by atoms with van der Waals surface area (Å²) in [4.78, 5) is 22.4. The predicted octanol–water partition coefficient (Wildman–Crippen LogP) is 3.74. The van der Waals surface area contributed by atoms with Crippen molar-refractivity contribution >= 4 is 5.91 Å². The number of carbonyl (C=O) groups excluding carboxylic acids is 1. The van der Waals surface area contributed by atoms with Crippen LogP contribution in [0.15, 0.2) is 77.6 Å². The number of aromatic nitrogens is 4. The number of nitrogens with zero attached hydrogens (tertiary/aromatic N) is 6. The molecule has 0 spiro atoms. The van der Waals surface area contributed by atoms with Crippen LogP contribution in [0.4, 0.5) is 0 Å². The van der Waals surface area contributed by atoms with E-state index in [1.807, 2.05) is 71.8 Å². The normalized spacial score (nSPS) is 16.4. The first kappa shape index (κ1) is 22.0. The third-order valence-corrected chi connectivity index (χ3v) is 6.42. The molecule has 2 aromatic carbocycles. The summed E-state index contributed by atoms with van der Waals surface area (Å²) in [6.45, 7) is 6.85. The largest absolute Gasteiger partial charge is 0.338 e. The third kappa shape index (κ3) is 4.49. The maximum atomic E-state index is 13.5. The average molecular weight is 457 g/mol. The lowest BCUT2D eigenvalue weighted by Crippen LogP contribution is -2.51. The monoisotopic (exact) mass is 456 g/mol. The lowest BCUT2D eigenvalue weighted by Gasteiger charge is -2.38. The molecule has 34 heavy (non-hydrogen) atoms. The third-order valence-electron chi connectivity index (χ3n) is 6.42. The Balaban J connectivity index is 1.25. The van der Waals surface area contributed by atoms with Gasteiger partial charge in [0.1, 0.15) is 0 Å². The van der Waals surface area contributed by atoms with E-state index >= 15 is 0 Å². The van der Waals surface area contributed by atoms with Gasteiger partial charge >= 0.3 is 0 Å². The number of aryl methyl sites for hydroxylation is 1. The molecule has 1 saturated heterocycles. The minimum atomic E-state index is -0.465. The SMILES string of the molecule is Cc1ccc(-c2noc(C(C)N3CCN(C(=O)C(c4ccccc4)n4cccn4)CC3)n2)cc1. The van der Waals surface area contributed by atoms with Crippen LogP contribution in [0, 0.1) is 6.92 Å². The van der Waals surface area contributed by atoms with Crippen molar-refractivity contribution in [1.29, 1.82) is 0 Å². The summed E-state index contributed by atoms with van der Waals surface area (Å²) in [6, 6.07) is 19.2. The summed E-state index contributed by atoms with van der Waals surface area (Å²) in [6.07, 6.45) is 3.55.